The van der Waals surface area contributed by atoms with E-state index in [1.165, 1.54) is 40.1 Å². The predicted molar refractivity (Wildman–Crippen MR) is 85.7 cm³/mol. The standard InChI is InChI=1S/C17H18N2OS/c20-17(15-9-11-4-1-2-6-14(11)19-15)18-10-13-8-12-5-3-7-16(12)21-13/h1-2,4,6,8,15,19H,3,5,7,9-10H2,(H,18,20)/t15-/m0/s1. The first-order chi connectivity index (χ1) is 10.3. The Morgan fingerprint density at radius 1 is 1.29 bits per heavy atom. The topological polar surface area (TPSA) is 41.1 Å². The Kier molecular flexibility index (Phi) is 3.19. The van der Waals surface area contributed by atoms with Gasteiger partial charge in [-0.3, -0.25) is 4.79 Å². The van der Waals surface area contributed by atoms with Crippen LogP contribution in [0, 0.1) is 0 Å². The van der Waals surface area contributed by atoms with Crippen LogP contribution in [0.3, 0.4) is 0 Å². The fraction of sp³-hybridized carbons (Fsp3) is 0.353. The molecular weight excluding hydrogens is 280 g/mol. The predicted octanol–water partition coefficient (Wildman–Crippen LogP) is 2.89. The number of thiophene rings is 1. The van der Waals surface area contributed by atoms with E-state index in [-0.39, 0.29) is 11.9 Å². The van der Waals surface area contributed by atoms with Crippen LogP contribution in [0.1, 0.15) is 27.3 Å². The number of para-hydroxylation sites is 1. The highest BCUT2D eigenvalue weighted by Gasteiger charge is 2.26. The number of aryl methyl sites for hydroxylation is 2. The van der Waals surface area contributed by atoms with Gasteiger partial charge in [0, 0.05) is 21.9 Å². The Labute approximate surface area is 128 Å². The van der Waals surface area contributed by atoms with Gasteiger partial charge in [0.1, 0.15) is 6.04 Å². The van der Waals surface area contributed by atoms with Crippen molar-refractivity contribution >= 4 is 22.9 Å². The maximum atomic E-state index is 12.3. The maximum absolute atomic E-state index is 12.3. The second-order valence-corrected chi connectivity index (χ2v) is 7.01. The number of amides is 1. The summed E-state index contributed by atoms with van der Waals surface area (Å²) < 4.78 is 0. The quantitative estimate of drug-likeness (QED) is 0.915. The molecule has 0 saturated carbocycles. The fourth-order valence-electron chi connectivity index (χ4n) is 3.23. The van der Waals surface area contributed by atoms with E-state index in [4.69, 9.17) is 0 Å². The molecule has 1 aliphatic heterocycles. The molecule has 21 heavy (non-hydrogen) atoms. The summed E-state index contributed by atoms with van der Waals surface area (Å²) in [4.78, 5) is 15.1. The molecule has 4 rings (SSSR count). The van der Waals surface area contributed by atoms with Crippen molar-refractivity contribution in [2.24, 2.45) is 0 Å². The molecule has 0 saturated heterocycles. The van der Waals surface area contributed by atoms with Crippen LogP contribution in [0.2, 0.25) is 0 Å². The molecular formula is C17H18N2OS. The third-order valence-electron chi connectivity index (χ3n) is 4.32. The van der Waals surface area contributed by atoms with Gasteiger partial charge in [-0.1, -0.05) is 18.2 Å². The average molecular weight is 298 g/mol. The highest BCUT2D eigenvalue weighted by molar-refractivity contribution is 7.12. The average Bonchev–Trinajstić information content (AvgIpc) is 3.17. The molecule has 0 unspecified atom stereocenters. The summed E-state index contributed by atoms with van der Waals surface area (Å²) in [5.74, 6) is 0.0970. The highest BCUT2D eigenvalue weighted by atomic mass is 32.1. The number of hydrogen-bond acceptors (Lipinski definition) is 3. The molecule has 108 valence electrons. The first kappa shape index (κ1) is 12.9. The van der Waals surface area contributed by atoms with Crippen LogP contribution in [-0.2, 0) is 30.6 Å². The molecule has 0 radical (unpaired) electrons. The summed E-state index contributed by atoms with van der Waals surface area (Å²) in [6.07, 6.45) is 4.49. The smallest absolute Gasteiger partial charge is 0.243 e. The molecule has 2 heterocycles. The minimum absolute atomic E-state index is 0.0970. The van der Waals surface area contributed by atoms with Gasteiger partial charge in [-0.15, -0.1) is 11.3 Å². The lowest BCUT2D eigenvalue weighted by Gasteiger charge is -2.11. The summed E-state index contributed by atoms with van der Waals surface area (Å²) in [5.41, 5.74) is 3.82. The molecule has 2 aliphatic rings. The number of carbonyl (C=O) groups is 1. The van der Waals surface area contributed by atoms with Crippen molar-refractivity contribution in [3.63, 3.8) is 0 Å². The maximum Gasteiger partial charge on any atom is 0.243 e. The van der Waals surface area contributed by atoms with Crippen molar-refractivity contribution in [3.8, 4) is 0 Å². The van der Waals surface area contributed by atoms with Gasteiger partial charge in [-0.2, -0.15) is 0 Å². The third-order valence-corrected chi connectivity index (χ3v) is 5.56. The van der Waals surface area contributed by atoms with Gasteiger partial charge < -0.3 is 10.6 Å². The van der Waals surface area contributed by atoms with Crippen molar-refractivity contribution in [2.75, 3.05) is 5.32 Å². The molecule has 4 heteroatoms. The molecule has 0 spiro atoms. The molecule has 1 aromatic carbocycles. The van der Waals surface area contributed by atoms with Crippen LogP contribution in [-0.4, -0.2) is 11.9 Å². The number of anilines is 1. The summed E-state index contributed by atoms with van der Waals surface area (Å²) in [5, 5.41) is 6.37. The van der Waals surface area contributed by atoms with E-state index in [0.717, 1.165) is 12.1 Å². The molecule has 1 amide bonds. The Morgan fingerprint density at radius 2 is 2.19 bits per heavy atom. The zero-order valence-electron chi connectivity index (χ0n) is 11.8. The largest absolute Gasteiger partial charge is 0.373 e. The van der Waals surface area contributed by atoms with Gasteiger partial charge in [0.2, 0.25) is 5.91 Å². The van der Waals surface area contributed by atoms with Crippen molar-refractivity contribution in [1.29, 1.82) is 0 Å². The van der Waals surface area contributed by atoms with E-state index in [1.54, 1.807) is 0 Å². The van der Waals surface area contributed by atoms with Crippen LogP contribution >= 0.6 is 11.3 Å². The van der Waals surface area contributed by atoms with Crippen molar-refractivity contribution in [3.05, 3.63) is 51.2 Å². The number of benzene rings is 1. The molecule has 3 nitrogen and oxygen atoms in total. The number of fused-ring (bicyclic) bond motifs is 2. The van der Waals surface area contributed by atoms with Crippen LogP contribution in [0.25, 0.3) is 0 Å². The summed E-state index contributed by atoms with van der Waals surface area (Å²) in [6.45, 7) is 0.658. The SMILES string of the molecule is O=C(NCc1cc2c(s1)CCC2)[C@@H]1Cc2ccccc2N1. The van der Waals surface area contributed by atoms with Crippen molar-refractivity contribution in [1.82, 2.24) is 5.32 Å². The van der Waals surface area contributed by atoms with Gasteiger partial charge >= 0.3 is 0 Å². The monoisotopic (exact) mass is 298 g/mol. The number of hydrogen-bond donors (Lipinski definition) is 2. The number of carbonyl (C=O) groups excluding carboxylic acids is 1. The highest BCUT2D eigenvalue weighted by Crippen LogP contribution is 2.30. The van der Waals surface area contributed by atoms with E-state index >= 15 is 0 Å². The molecule has 1 aliphatic carbocycles. The van der Waals surface area contributed by atoms with E-state index in [2.05, 4.69) is 22.8 Å². The lowest BCUT2D eigenvalue weighted by molar-refractivity contribution is -0.121. The third kappa shape index (κ3) is 2.44. The summed E-state index contributed by atoms with van der Waals surface area (Å²) in [7, 11) is 0. The molecule has 2 N–H and O–H groups in total. The van der Waals surface area contributed by atoms with Gasteiger partial charge in [-0.05, 0) is 42.5 Å². The number of rotatable bonds is 3. The van der Waals surface area contributed by atoms with E-state index in [1.807, 2.05) is 29.5 Å². The Hall–Kier alpha value is -1.81. The zero-order chi connectivity index (χ0) is 14.2. The fourth-order valence-corrected chi connectivity index (χ4v) is 4.43. The molecule has 0 fully saturated rings. The minimum atomic E-state index is -0.130. The van der Waals surface area contributed by atoms with E-state index in [9.17, 15) is 4.79 Å². The zero-order valence-corrected chi connectivity index (χ0v) is 12.6. The molecule has 2 aromatic rings. The van der Waals surface area contributed by atoms with Crippen molar-refractivity contribution in [2.45, 2.75) is 38.3 Å². The lowest BCUT2D eigenvalue weighted by Crippen LogP contribution is -2.37. The number of nitrogens with one attached hydrogen (secondary N) is 2. The van der Waals surface area contributed by atoms with Gasteiger partial charge in [0.15, 0.2) is 0 Å². The molecule has 1 atom stereocenters. The van der Waals surface area contributed by atoms with Gasteiger partial charge in [0.25, 0.3) is 0 Å². The molecule has 0 bridgehead atoms. The van der Waals surface area contributed by atoms with Crippen LogP contribution in [0.5, 0.6) is 0 Å². The van der Waals surface area contributed by atoms with Gasteiger partial charge in [0.05, 0.1) is 6.54 Å². The van der Waals surface area contributed by atoms with Gasteiger partial charge in [-0.25, -0.2) is 0 Å². The Balaban J connectivity index is 1.36. The Morgan fingerprint density at radius 3 is 3.05 bits per heavy atom. The Bertz CT molecular complexity index is 645. The summed E-state index contributed by atoms with van der Waals surface area (Å²) in [6, 6.07) is 10.3. The first-order valence-corrected chi connectivity index (χ1v) is 8.34. The second-order valence-electron chi connectivity index (χ2n) is 5.79. The van der Waals surface area contributed by atoms with Crippen LogP contribution in [0.15, 0.2) is 30.3 Å². The van der Waals surface area contributed by atoms with E-state index in [0.29, 0.717) is 6.54 Å². The second kappa shape index (κ2) is 5.19. The van der Waals surface area contributed by atoms with Crippen molar-refractivity contribution < 1.29 is 4.79 Å². The molecule has 1 aromatic heterocycles. The summed E-state index contributed by atoms with van der Waals surface area (Å²) >= 11 is 1.86. The van der Waals surface area contributed by atoms with Crippen LogP contribution < -0.4 is 10.6 Å². The lowest BCUT2D eigenvalue weighted by atomic mass is 10.1. The van der Waals surface area contributed by atoms with Crippen LogP contribution in [0.4, 0.5) is 5.69 Å². The van der Waals surface area contributed by atoms with E-state index < -0.39 is 0 Å². The normalized spacial score (nSPS) is 19.0. The minimum Gasteiger partial charge on any atom is -0.373 e. The first-order valence-electron chi connectivity index (χ1n) is 7.52.